The predicted octanol–water partition coefficient (Wildman–Crippen LogP) is 5.13. The molecule has 0 unspecified atom stereocenters. The highest BCUT2D eigenvalue weighted by molar-refractivity contribution is 6.30. The van der Waals surface area contributed by atoms with E-state index in [2.05, 4.69) is 65.6 Å². The number of amides is 2. The van der Waals surface area contributed by atoms with E-state index in [1.165, 1.54) is 11.1 Å². The molecule has 6 heteroatoms. The van der Waals surface area contributed by atoms with Gasteiger partial charge in [0.05, 0.1) is 6.04 Å². The van der Waals surface area contributed by atoms with Crippen LogP contribution < -0.4 is 0 Å². The normalized spacial score (nSPS) is 17.4. The first-order valence-electron chi connectivity index (χ1n) is 12.8. The zero-order valence-corrected chi connectivity index (χ0v) is 21.2. The molecule has 0 atom stereocenters. The van der Waals surface area contributed by atoms with Crippen LogP contribution in [0.15, 0.2) is 84.9 Å². The molecule has 0 spiro atoms. The van der Waals surface area contributed by atoms with E-state index in [1.54, 1.807) is 24.3 Å². The average molecular weight is 502 g/mol. The highest BCUT2D eigenvalue weighted by Gasteiger charge is 2.33. The molecular weight excluding hydrogens is 470 g/mol. The Balaban J connectivity index is 1.17. The van der Waals surface area contributed by atoms with Gasteiger partial charge in [-0.25, -0.2) is 0 Å². The van der Waals surface area contributed by atoms with Crippen LogP contribution in [-0.4, -0.2) is 65.8 Å². The summed E-state index contributed by atoms with van der Waals surface area (Å²) >= 11 is 5.95. The lowest BCUT2D eigenvalue weighted by molar-refractivity contribution is -0.139. The molecule has 186 valence electrons. The molecule has 5 rings (SSSR count). The van der Waals surface area contributed by atoms with Crippen LogP contribution >= 0.6 is 11.6 Å². The number of hydrogen-bond donors (Lipinski definition) is 0. The number of hydrogen-bond acceptors (Lipinski definition) is 3. The van der Waals surface area contributed by atoms with E-state index in [0.717, 1.165) is 39.0 Å². The van der Waals surface area contributed by atoms with Crippen molar-refractivity contribution < 1.29 is 9.59 Å². The summed E-state index contributed by atoms with van der Waals surface area (Å²) < 4.78 is 0. The number of piperidine rings is 1. The van der Waals surface area contributed by atoms with Gasteiger partial charge in [-0.1, -0.05) is 72.3 Å². The molecule has 5 nitrogen and oxygen atoms in total. The largest absolute Gasteiger partial charge is 0.340 e. The van der Waals surface area contributed by atoms with Gasteiger partial charge in [0, 0.05) is 55.8 Å². The van der Waals surface area contributed by atoms with Gasteiger partial charge in [0.2, 0.25) is 5.91 Å². The van der Waals surface area contributed by atoms with Crippen LogP contribution in [0, 0.1) is 5.92 Å². The van der Waals surface area contributed by atoms with Crippen LogP contribution in [0.5, 0.6) is 0 Å². The first-order valence-corrected chi connectivity index (χ1v) is 13.2. The summed E-state index contributed by atoms with van der Waals surface area (Å²) in [5.74, 6) is 0.244. The zero-order chi connectivity index (χ0) is 24.9. The van der Waals surface area contributed by atoms with E-state index >= 15 is 0 Å². The maximum absolute atomic E-state index is 13.3. The SMILES string of the molecule is O=C(c1ccc(Cl)cc1)N1CCC(C(=O)N2CCN(C(c3ccccc3)c3ccccc3)CC2)CC1. The van der Waals surface area contributed by atoms with Crippen LogP contribution in [0.3, 0.4) is 0 Å². The summed E-state index contributed by atoms with van der Waals surface area (Å²) in [6.45, 7) is 4.38. The molecule has 0 aliphatic carbocycles. The third-order valence-electron chi connectivity index (χ3n) is 7.44. The van der Waals surface area contributed by atoms with Gasteiger partial charge in [-0.3, -0.25) is 14.5 Å². The highest BCUT2D eigenvalue weighted by atomic mass is 35.5. The number of rotatable bonds is 5. The van der Waals surface area contributed by atoms with E-state index in [1.807, 2.05) is 9.80 Å². The summed E-state index contributed by atoms with van der Waals surface area (Å²) in [7, 11) is 0. The molecule has 0 N–H and O–H groups in total. The van der Waals surface area contributed by atoms with Gasteiger partial charge < -0.3 is 9.80 Å². The first kappa shape index (κ1) is 24.5. The van der Waals surface area contributed by atoms with Crippen molar-refractivity contribution in [2.45, 2.75) is 18.9 Å². The Bertz CT molecular complexity index is 1110. The van der Waals surface area contributed by atoms with Crippen molar-refractivity contribution in [1.29, 1.82) is 0 Å². The number of likely N-dealkylation sites (tertiary alicyclic amines) is 1. The van der Waals surface area contributed by atoms with Crippen molar-refractivity contribution >= 4 is 23.4 Å². The maximum atomic E-state index is 13.3. The second-order valence-corrected chi connectivity index (χ2v) is 10.1. The molecule has 3 aromatic rings. The number of piperazine rings is 1. The smallest absolute Gasteiger partial charge is 0.253 e. The summed E-state index contributed by atoms with van der Waals surface area (Å²) in [6.07, 6.45) is 1.43. The van der Waals surface area contributed by atoms with Crippen LogP contribution in [0.1, 0.15) is 40.4 Å². The van der Waals surface area contributed by atoms with Gasteiger partial charge in [-0.2, -0.15) is 0 Å². The van der Waals surface area contributed by atoms with Crippen molar-refractivity contribution in [2.75, 3.05) is 39.3 Å². The lowest BCUT2D eigenvalue weighted by Gasteiger charge is -2.41. The van der Waals surface area contributed by atoms with Crippen LogP contribution in [0.4, 0.5) is 0 Å². The van der Waals surface area contributed by atoms with Gasteiger partial charge in [-0.15, -0.1) is 0 Å². The fourth-order valence-electron chi connectivity index (χ4n) is 5.45. The Morgan fingerprint density at radius 1 is 0.667 bits per heavy atom. The number of nitrogens with zero attached hydrogens (tertiary/aromatic N) is 3. The third-order valence-corrected chi connectivity index (χ3v) is 7.70. The topological polar surface area (TPSA) is 43.9 Å². The second-order valence-electron chi connectivity index (χ2n) is 9.66. The molecular formula is C30H32ClN3O2. The van der Waals surface area contributed by atoms with E-state index in [0.29, 0.717) is 23.7 Å². The Hall–Kier alpha value is -3.15. The maximum Gasteiger partial charge on any atom is 0.253 e. The molecule has 0 saturated carbocycles. The van der Waals surface area contributed by atoms with Gasteiger partial charge in [0.1, 0.15) is 0 Å². The van der Waals surface area contributed by atoms with Crippen molar-refractivity contribution in [1.82, 2.24) is 14.7 Å². The Labute approximate surface area is 218 Å². The fourth-order valence-corrected chi connectivity index (χ4v) is 5.57. The molecule has 0 radical (unpaired) electrons. The molecule has 2 amide bonds. The highest BCUT2D eigenvalue weighted by Crippen LogP contribution is 2.30. The minimum Gasteiger partial charge on any atom is -0.340 e. The van der Waals surface area contributed by atoms with Crippen LogP contribution in [0.2, 0.25) is 5.02 Å². The lowest BCUT2D eigenvalue weighted by Crippen LogP contribution is -2.52. The van der Waals surface area contributed by atoms with Gasteiger partial charge >= 0.3 is 0 Å². The summed E-state index contributed by atoms with van der Waals surface area (Å²) in [4.78, 5) is 32.5. The Morgan fingerprint density at radius 3 is 1.72 bits per heavy atom. The van der Waals surface area contributed by atoms with Gasteiger partial charge in [0.15, 0.2) is 0 Å². The van der Waals surface area contributed by atoms with E-state index < -0.39 is 0 Å². The third kappa shape index (κ3) is 5.48. The average Bonchev–Trinajstić information content (AvgIpc) is 2.94. The van der Waals surface area contributed by atoms with Crippen molar-refractivity contribution in [3.05, 3.63) is 107 Å². The van der Waals surface area contributed by atoms with Crippen molar-refractivity contribution in [3.8, 4) is 0 Å². The molecule has 3 aromatic carbocycles. The van der Waals surface area contributed by atoms with Crippen molar-refractivity contribution in [2.24, 2.45) is 5.92 Å². The molecule has 0 aromatic heterocycles. The van der Waals surface area contributed by atoms with Gasteiger partial charge in [0.25, 0.3) is 5.91 Å². The van der Waals surface area contributed by atoms with Gasteiger partial charge in [-0.05, 0) is 48.2 Å². The fraction of sp³-hybridized carbons (Fsp3) is 0.333. The van der Waals surface area contributed by atoms with E-state index in [-0.39, 0.29) is 23.8 Å². The summed E-state index contributed by atoms with van der Waals surface area (Å²) in [6, 6.07) is 28.4. The first-order chi connectivity index (χ1) is 17.6. The molecule has 2 heterocycles. The minimum atomic E-state index is -0.00939. The second kappa shape index (κ2) is 11.3. The zero-order valence-electron chi connectivity index (χ0n) is 20.4. The monoisotopic (exact) mass is 501 g/mol. The summed E-state index contributed by atoms with van der Waals surface area (Å²) in [5, 5.41) is 0.620. The standard InChI is InChI=1S/C30H32ClN3O2/c31-27-13-11-25(12-14-27)29(35)33-17-15-26(16-18-33)30(36)34-21-19-32(20-22-34)28(23-7-3-1-4-8-23)24-9-5-2-6-10-24/h1-14,26,28H,15-22H2. The minimum absolute atomic E-state index is 0.00939. The number of carbonyl (C=O) groups is 2. The summed E-state index contributed by atoms with van der Waals surface area (Å²) in [5.41, 5.74) is 3.20. The molecule has 2 aliphatic rings. The number of benzene rings is 3. The predicted molar refractivity (Wildman–Crippen MR) is 143 cm³/mol. The quantitative estimate of drug-likeness (QED) is 0.487. The number of halogens is 1. The van der Waals surface area contributed by atoms with Crippen LogP contribution in [-0.2, 0) is 4.79 Å². The molecule has 36 heavy (non-hydrogen) atoms. The van der Waals surface area contributed by atoms with E-state index in [4.69, 9.17) is 11.6 Å². The molecule has 0 bridgehead atoms. The van der Waals surface area contributed by atoms with E-state index in [9.17, 15) is 9.59 Å². The Morgan fingerprint density at radius 2 is 1.19 bits per heavy atom. The Kier molecular flexibility index (Phi) is 7.69. The molecule has 2 aliphatic heterocycles. The number of carbonyl (C=O) groups excluding carboxylic acids is 2. The molecule has 2 saturated heterocycles. The van der Waals surface area contributed by atoms with Crippen LogP contribution in [0.25, 0.3) is 0 Å². The van der Waals surface area contributed by atoms with Crippen molar-refractivity contribution in [3.63, 3.8) is 0 Å². The lowest BCUT2D eigenvalue weighted by atomic mass is 9.94. The molecule has 2 fully saturated rings.